The molecule has 22 heavy (non-hydrogen) atoms. The first-order valence-electron chi connectivity index (χ1n) is 8.04. The number of anilines is 1. The lowest BCUT2D eigenvalue weighted by Crippen LogP contribution is -2.23. The van der Waals surface area contributed by atoms with Crippen LogP contribution >= 0.6 is 0 Å². The average Bonchev–Trinajstić information content (AvgIpc) is 3.00. The summed E-state index contributed by atoms with van der Waals surface area (Å²) >= 11 is 0. The van der Waals surface area contributed by atoms with Crippen LogP contribution in [0.5, 0.6) is 5.75 Å². The Kier molecular flexibility index (Phi) is 6.68. The summed E-state index contributed by atoms with van der Waals surface area (Å²) in [6, 6.07) is 8.07. The van der Waals surface area contributed by atoms with Gasteiger partial charge in [-0.2, -0.15) is 0 Å². The van der Waals surface area contributed by atoms with Crippen LogP contribution in [0.3, 0.4) is 0 Å². The van der Waals surface area contributed by atoms with Crippen LogP contribution in [-0.2, 0) is 4.79 Å². The molecule has 122 valence electrons. The average molecular weight is 305 g/mol. The molecule has 0 radical (unpaired) electrons. The van der Waals surface area contributed by atoms with Gasteiger partial charge in [-0.25, -0.2) is 0 Å². The number of rotatable bonds is 8. The van der Waals surface area contributed by atoms with Crippen molar-refractivity contribution in [1.82, 2.24) is 10.2 Å². The maximum atomic E-state index is 11.9. The molecule has 0 bridgehead atoms. The highest BCUT2D eigenvalue weighted by molar-refractivity contribution is 5.90. The van der Waals surface area contributed by atoms with Gasteiger partial charge in [-0.1, -0.05) is 0 Å². The van der Waals surface area contributed by atoms with Crippen LogP contribution in [0, 0.1) is 0 Å². The van der Waals surface area contributed by atoms with E-state index >= 15 is 0 Å². The number of amides is 1. The molecule has 5 nitrogen and oxygen atoms in total. The Bertz CT molecular complexity index is 453. The van der Waals surface area contributed by atoms with Gasteiger partial charge in [0.25, 0.3) is 0 Å². The molecule has 1 fully saturated rings. The molecule has 1 aromatic rings. The molecule has 1 aromatic carbocycles. The number of likely N-dealkylation sites (N-methyl/N-ethyl adjacent to an activating group) is 1. The molecule has 0 spiro atoms. The van der Waals surface area contributed by atoms with E-state index in [1.165, 1.54) is 12.8 Å². The summed E-state index contributed by atoms with van der Waals surface area (Å²) in [5, 5.41) is 6.35. The molecule has 1 heterocycles. The third kappa shape index (κ3) is 6.03. The zero-order valence-electron chi connectivity index (χ0n) is 13.6. The lowest BCUT2D eigenvalue weighted by molar-refractivity contribution is -0.116. The largest absolute Gasteiger partial charge is 0.492 e. The molecule has 1 unspecified atom stereocenters. The molecule has 0 aromatic heterocycles. The second kappa shape index (κ2) is 8.76. The van der Waals surface area contributed by atoms with Crippen molar-refractivity contribution in [3.8, 4) is 5.75 Å². The highest BCUT2D eigenvalue weighted by atomic mass is 16.5. The molecule has 0 aliphatic carbocycles. The molecule has 1 aliphatic rings. The van der Waals surface area contributed by atoms with E-state index in [4.69, 9.17) is 4.74 Å². The van der Waals surface area contributed by atoms with Crippen molar-refractivity contribution in [2.45, 2.75) is 31.7 Å². The molecule has 1 saturated heterocycles. The van der Waals surface area contributed by atoms with E-state index in [0.29, 0.717) is 19.1 Å². The van der Waals surface area contributed by atoms with Gasteiger partial charge in [0.2, 0.25) is 5.91 Å². The van der Waals surface area contributed by atoms with Gasteiger partial charge >= 0.3 is 0 Å². The molecule has 1 amide bonds. The number of hydrogen-bond acceptors (Lipinski definition) is 4. The quantitative estimate of drug-likeness (QED) is 0.772. The first-order valence-corrected chi connectivity index (χ1v) is 8.04. The van der Waals surface area contributed by atoms with E-state index in [0.717, 1.165) is 30.9 Å². The van der Waals surface area contributed by atoms with Crippen LogP contribution in [0.25, 0.3) is 0 Å². The molecule has 5 heteroatoms. The standard InChI is InChI=1S/C17H27N3O2/c1-20(2)12-13-22-16-8-5-15(6-9-16)19-17(21)10-7-14-4-3-11-18-14/h5-6,8-9,14,18H,3-4,7,10-13H2,1-2H3,(H,19,21). The minimum absolute atomic E-state index is 0.0787. The predicted molar refractivity (Wildman–Crippen MR) is 89.4 cm³/mol. The number of ether oxygens (including phenoxy) is 1. The normalized spacial score (nSPS) is 17.7. The van der Waals surface area contributed by atoms with E-state index in [-0.39, 0.29) is 5.91 Å². The molecular weight excluding hydrogens is 278 g/mol. The number of benzene rings is 1. The highest BCUT2D eigenvalue weighted by Gasteiger charge is 2.15. The van der Waals surface area contributed by atoms with E-state index in [9.17, 15) is 4.79 Å². The van der Waals surface area contributed by atoms with E-state index < -0.39 is 0 Å². The topological polar surface area (TPSA) is 53.6 Å². The smallest absolute Gasteiger partial charge is 0.224 e. The second-order valence-electron chi connectivity index (χ2n) is 6.06. The number of carbonyl (C=O) groups is 1. The van der Waals surface area contributed by atoms with Gasteiger partial charge in [0, 0.05) is 24.7 Å². The fraction of sp³-hybridized carbons (Fsp3) is 0.588. The number of hydrogen-bond donors (Lipinski definition) is 2. The Morgan fingerprint density at radius 1 is 1.36 bits per heavy atom. The molecule has 0 saturated carbocycles. The van der Waals surface area contributed by atoms with Gasteiger partial charge in [0.05, 0.1) is 0 Å². The van der Waals surface area contributed by atoms with Crippen LogP contribution in [0.4, 0.5) is 5.69 Å². The summed E-state index contributed by atoms with van der Waals surface area (Å²) in [6.45, 7) is 2.63. The molecule has 2 N–H and O–H groups in total. The highest BCUT2D eigenvalue weighted by Crippen LogP contribution is 2.17. The summed E-state index contributed by atoms with van der Waals surface area (Å²) in [6.07, 6.45) is 3.89. The van der Waals surface area contributed by atoms with Gasteiger partial charge in [-0.3, -0.25) is 4.79 Å². The van der Waals surface area contributed by atoms with Crippen molar-refractivity contribution in [3.05, 3.63) is 24.3 Å². The van der Waals surface area contributed by atoms with Crippen LogP contribution in [0.2, 0.25) is 0 Å². The number of nitrogens with one attached hydrogen (secondary N) is 2. The van der Waals surface area contributed by atoms with Gasteiger partial charge in [-0.05, 0) is 64.2 Å². The monoisotopic (exact) mass is 305 g/mol. The lowest BCUT2D eigenvalue weighted by atomic mass is 10.1. The third-order valence-corrected chi connectivity index (χ3v) is 3.83. The molecule has 2 rings (SSSR count). The first-order chi connectivity index (χ1) is 10.6. The maximum absolute atomic E-state index is 11.9. The van der Waals surface area contributed by atoms with Gasteiger partial charge in [0.1, 0.15) is 12.4 Å². The van der Waals surface area contributed by atoms with Crippen LogP contribution in [-0.4, -0.2) is 50.6 Å². The zero-order chi connectivity index (χ0) is 15.8. The maximum Gasteiger partial charge on any atom is 0.224 e. The first kappa shape index (κ1) is 16.8. The minimum atomic E-state index is 0.0787. The van der Waals surface area contributed by atoms with E-state index in [2.05, 4.69) is 15.5 Å². The predicted octanol–water partition coefficient (Wildman–Crippen LogP) is 2.10. The van der Waals surface area contributed by atoms with Gasteiger partial charge in [-0.15, -0.1) is 0 Å². The summed E-state index contributed by atoms with van der Waals surface area (Å²) in [4.78, 5) is 14.0. The zero-order valence-corrected chi connectivity index (χ0v) is 13.6. The fourth-order valence-electron chi connectivity index (χ4n) is 2.51. The van der Waals surface area contributed by atoms with Crippen LogP contribution < -0.4 is 15.4 Å². The summed E-state index contributed by atoms with van der Waals surface area (Å²) in [5.74, 6) is 0.907. The Morgan fingerprint density at radius 2 is 2.14 bits per heavy atom. The Balaban J connectivity index is 1.69. The summed E-state index contributed by atoms with van der Waals surface area (Å²) < 4.78 is 5.63. The van der Waals surface area contributed by atoms with Gasteiger partial charge < -0.3 is 20.3 Å². The van der Waals surface area contributed by atoms with Gasteiger partial charge in [0.15, 0.2) is 0 Å². The van der Waals surface area contributed by atoms with Crippen molar-refractivity contribution in [3.63, 3.8) is 0 Å². The van der Waals surface area contributed by atoms with Crippen LogP contribution in [0.1, 0.15) is 25.7 Å². The minimum Gasteiger partial charge on any atom is -0.492 e. The lowest BCUT2D eigenvalue weighted by Gasteiger charge is -2.12. The fourth-order valence-corrected chi connectivity index (χ4v) is 2.51. The summed E-state index contributed by atoms with van der Waals surface area (Å²) in [5.41, 5.74) is 0.823. The Hall–Kier alpha value is -1.59. The molecular formula is C17H27N3O2. The Labute approximate surface area is 133 Å². The Morgan fingerprint density at radius 3 is 2.77 bits per heavy atom. The SMILES string of the molecule is CN(C)CCOc1ccc(NC(=O)CCC2CCCN2)cc1. The summed E-state index contributed by atoms with van der Waals surface area (Å²) in [7, 11) is 4.03. The molecule has 1 atom stereocenters. The van der Waals surface area contributed by atoms with Crippen molar-refractivity contribution in [2.24, 2.45) is 0 Å². The van der Waals surface area contributed by atoms with Crippen molar-refractivity contribution in [2.75, 3.05) is 39.1 Å². The van der Waals surface area contributed by atoms with Crippen molar-refractivity contribution in [1.29, 1.82) is 0 Å². The molecule has 1 aliphatic heterocycles. The van der Waals surface area contributed by atoms with Crippen molar-refractivity contribution >= 4 is 11.6 Å². The number of nitrogens with zero attached hydrogens (tertiary/aromatic N) is 1. The second-order valence-corrected chi connectivity index (χ2v) is 6.06. The number of carbonyl (C=O) groups excluding carboxylic acids is 1. The van der Waals surface area contributed by atoms with E-state index in [1.54, 1.807) is 0 Å². The third-order valence-electron chi connectivity index (χ3n) is 3.83. The van der Waals surface area contributed by atoms with Crippen molar-refractivity contribution < 1.29 is 9.53 Å². The van der Waals surface area contributed by atoms with Crippen LogP contribution in [0.15, 0.2) is 24.3 Å². The van der Waals surface area contributed by atoms with E-state index in [1.807, 2.05) is 38.4 Å².